The maximum absolute atomic E-state index is 12.2. The normalized spacial score (nSPS) is 14.3. The maximum atomic E-state index is 12.2. The van der Waals surface area contributed by atoms with Crippen LogP contribution in [-0.4, -0.2) is 66.1 Å². The average Bonchev–Trinajstić information content (AvgIpc) is 2.69. The van der Waals surface area contributed by atoms with E-state index in [2.05, 4.69) is 30.8 Å². The van der Waals surface area contributed by atoms with E-state index in [0.717, 1.165) is 38.5 Å². The molecule has 0 bridgehead atoms. The fraction of sp³-hybridized carbons (Fsp3) is 0.368. The zero-order chi connectivity index (χ0) is 19.8. The monoisotopic (exact) mass is 384 g/mol. The second-order valence-corrected chi connectivity index (χ2v) is 6.38. The lowest BCUT2D eigenvalue weighted by Crippen LogP contribution is -2.41. The number of aromatic nitrogens is 2. The first-order chi connectivity index (χ1) is 13.6. The zero-order valence-electron chi connectivity index (χ0n) is 15.8. The lowest BCUT2D eigenvalue weighted by atomic mass is 10.2. The van der Waals surface area contributed by atoms with E-state index in [4.69, 9.17) is 4.74 Å². The van der Waals surface area contributed by atoms with Crippen LogP contribution in [0.1, 0.15) is 17.4 Å². The molecule has 2 aromatic rings. The largest absolute Gasteiger partial charge is 0.379 e. The van der Waals surface area contributed by atoms with Crippen LogP contribution in [0.5, 0.6) is 0 Å². The molecule has 28 heavy (non-hydrogen) atoms. The van der Waals surface area contributed by atoms with Gasteiger partial charge in [0.15, 0.2) is 0 Å². The Kier molecular flexibility index (Phi) is 6.88. The lowest BCUT2D eigenvalue weighted by molar-refractivity contribution is -0.114. The predicted molar refractivity (Wildman–Crippen MR) is 106 cm³/mol. The van der Waals surface area contributed by atoms with Crippen LogP contribution >= 0.6 is 0 Å². The number of hydrogen-bond donors (Lipinski definition) is 3. The van der Waals surface area contributed by atoms with Gasteiger partial charge in [0.1, 0.15) is 11.5 Å². The van der Waals surface area contributed by atoms with E-state index in [1.54, 1.807) is 12.1 Å². The maximum Gasteiger partial charge on any atom is 0.271 e. The van der Waals surface area contributed by atoms with Gasteiger partial charge in [-0.3, -0.25) is 14.5 Å². The van der Waals surface area contributed by atoms with Crippen molar-refractivity contribution in [1.29, 1.82) is 0 Å². The number of anilines is 3. The lowest BCUT2D eigenvalue weighted by Gasteiger charge is -2.26. The SMILES string of the molecule is CC(=O)Nc1cccc(Nc2cnc(C(=O)NCCN3CCOCC3)cn2)c1. The summed E-state index contributed by atoms with van der Waals surface area (Å²) in [6.07, 6.45) is 2.94. The summed E-state index contributed by atoms with van der Waals surface area (Å²) in [5.41, 5.74) is 1.70. The Morgan fingerprint density at radius 3 is 2.64 bits per heavy atom. The third-order valence-corrected chi connectivity index (χ3v) is 4.16. The standard InChI is InChI=1S/C19H24N6O3/c1-14(26)23-15-3-2-4-16(11-15)24-18-13-21-17(12-22-18)19(27)20-5-6-25-7-9-28-10-8-25/h2-4,11-13H,5-10H2,1H3,(H,20,27)(H,22,24)(H,23,26). The molecule has 148 valence electrons. The summed E-state index contributed by atoms with van der Waals surface area (Å²) in [5.74, 6) is 0.116. The van der Waals surface area contributed by atoms with Gasteiger partial charge in [0.25, 0.3) is 5.91 Å². The molecule has 0 unspecified atom stereocenters. The summed E-state index contributed by atoms with van der Waals surface area (Å²) in [7, 11) is 0. The Hall–Kier alpha value is -3.04. The van der Waals surface area contributed by atoms with Crippen LogP contribution in [-0.2, 0) is 9.53 Å². The zero-order valence-corrected chi connectivity index (χ0v) is 15.8. The molecule has 3 N–H and O–H groups in total. The smallest absolute Gasteiger partial charge is 0.271 e. The van der Waals surface area contributed by atoms with E-state index < -0.39 is 0 Å². The van der Waals surface area contributed by atoms with Gasteiger partial charge in [-0.05, 0) is 18.2 Å². The highest BCUT2D eigenvalue weighted by molar-refractivity contribution is 5.92. The fourth-order valence-corrected chi connectivity index (χ4v) is 2.78. The first kappa shape index (κ1) is 19.7. The average molecular weight is 384 g/mol. The van der Waals surface area contributed by atoms with Crippen LogP contribution in [0, 0.1) is 0 Å². The first-order valence-corrected chi connectivity index (χ1v) is 9.15. The minimum atomic E-state index is -0.250. The number of ether oxygens (including phenoxy) is 1. The van der Waals surface area contributed by atoms with Crippen LogP contribution in [0.2, 0.25) is 0 Å². The third-order valence-electron chi connectivity index (χ3n) is 4.16. The molecule has 1 aliphatic rings. The van der Waals surface area contributed by atoms with E-state index in [9.17, 15) is 9.59 Å². The molecular weight excluding hydrogens is 360 g/mol. The van der Waals surface area contributed by atoms with Crippen molar-refractivity contribution < 1.29 is 14.3 Å². The summed E-state index contributed by atoms with van der Waals surface area (Å²) in [5, 5.41) is 8.67. The summed E-state index contributed by atoms with van der Waals surface area (Å²) >= 11 is 0. The van der Waals surface area contributed by atoms with E-state index in [-0.39, 0.29) is 17.5 Å². The van der Waals surface area contributed by atoms with E-state index in [1.165, 1.54) is 19.3 Å². The number of nitrogens with one attached hydrogen (secondary N) is 3. The Balaban J connectivity index is 1.50. The highest BCUT2D eigenvalue weighted by Crippen LogP contribution is 2.18. The number of morpholine rings is 1. The molecule has 0 spiro atoms. The molecule has 2 heterocycles. The van der Waals surface area contributed by atoms with Gasteiger partial charge in [-0.1, -0.05) is 6.07 Å². The number of benzene rings is 1. The molecule has 1 fully saturated rings. The molecule has 0 radical (unpaired) electrons. The number of rotatable bonds is 7. The van der Waals surface area contributed by atoms with Gasteiger partial charge in [-0.25, -0.2) is 9.97 Å². The van der Waals surface area contributed by atoms with Gasteiger partial charge in [0.05, 0.1) is 25.6 Å². The summed E-state index contributed by atoms with van der Waals surface area (Å²) in [6.45, 7) is 6.04. The van der Waals surface area contributed by atoms with Crippen molar-refractivity contribution >= 4 is 29.0 Å². The van der Waals surface area contributed by atoms with Gasteiger partial charge in [-0.2, -0.15) is 0 Å². The molecule has 1 aromatic heterocycles. The minimum Gasteiger partial charge on any atom is -0.379 e. The molecule has 1 aromatic carbocycles. The quantitative estimate of drug-likeness (QED) is 0.659. The van der Waals surface area contributed by atoms with Crippen molar-refractivity contribution in [2.45, 2.75) is 6.92 Å². The van der Waals surface area contributed by atoms with Crippen molar-refractivity contribution in [3.05, 3.63) is 42.4 Å². The van der Waals surface area contributed by atoms with Crippen molar-refractivity contribution in [2.75, 3.05) is 50.0 Å². The molecule has 9 nitrogen and oxygen atoms in total. The van der Waals surface area contributed by atoms with Crippen LogP contribution in [0.25, 0.3) is 0 Å². The highest BCUT2D eigenvalue weighted by atomic mass is 16.5. The van der Waals surface area contributed by atoms with Crippen molar-refractivity contribution in [2.24, 2.45) is 0 Å². The van der Waals surface area contributed by atoms with Gasteiger partial charge in [0.2, 0.25) is 5.91 Å². The van der Waals surface area contributed by atoms with Gasteiger partial charge in [-0.15, -0.1) is 0 Å². The summed E-state index contributed by atoms with van der Waals surface area (Å²) < 4.78 is 5.30. The van der Waals surface area contributed by atoms with Crippen LogP contribution in [0.15, 0.2) is 36.7 Å². The van der Waals surface area contributed by atoms with E-state index >= 15 is 0 Å². The van der Waals surface area contributed by atoms with E-state index in [1.807, 2.05) is 12.1 Å². The van der Waals surface area contributed by atoms with Gasteiger partial charge < -0.3 is 20.7 Å². The summed E-state index contributed by atoms with van der Waals surface area (Å²) in [6, 6.07) is 7.24. The second kappa shape index (κ2) is 9.77. The Labute approximate surface area is 163 Å². The number of carbonyl (C=O) groups excluding carboxylic acids is 2. The summed E-state index contributed by atoms with van der Waals surface area (Å²) in [4.78, 5) is 34.0. The Bertz CT molecular complexity index is 806. The molecule has 3 rings (SSSR count). The highest BCUT2D eigenvalue weighted by Gasteiger charge is 2.12. The molecule has 1 saturated heterocycles. The second-order valence-electron chi connectivity index (χ2n) is 6.38. The first-order valence-electron chi connectivity index (χ1n) is 9.15. The number of carbonyl (C=O) groups is 2. The topological polar surface area (TPSA) is 108 Å². The molecule has 1 aliphatic heterocycles. The van der Waals surface area contributed by atoms with Gasteiger partial charge in [0, 0.05) is 44.5 Å². The molecule has 9 heteroatoms. The molecule has 0 saturated carbocycles. The predicted octanol–water partition coefficient (Wildman–Crippen LogP) is 1.24. The molecule has 2 amide bonds. The van der Waals surface area contributed by atoms with Gasteiger partial charge >= 0.3 is 0 Å². The number of nitrogens with zero attached hydrogens (tertiary/aromatic N) is 3. The number of amides is 2. The molecule has 0 aliphatic carbocycles. The van der Waals surface area contributed by atoms with Crippen molar-refractivity contribution in [1.82, 2.24) is 20.2 Å². The molecule has 0 atom stereocenters. The van der Waals surface area contributed by atoms with E-state index in [0.29, 0.717) is 18.1 Å². The van der Waals surface area contributed by atoms with Crippen LogP contribution < -0.4 is 16.0 Å². The van der Waals surface area contributed by atoms with Crippen molar-refractivity contribution in [3.8, 4) is 0 Å². The Morgan fingerprint density at radius 1 is 1.14 bits per heavy atom. The number of hydrogen-bond acceptors (Lipinski definition) is 7. The molecular formula is C19H24N6O3. The van der Waals surface area contributed by atoms with Crippen LogP contribution in [0.3, 0.4) is 0 Å². The minimum absolute atomic E-state index is 0.138. The third kappa shape index (κ3) is 6.00. The fourth-order valence-electron chi connectivity index (χ4n) is 2.78. The van der Waals surface area contributed by atoms with Crippen LogP contribution in [0.4, 0.5) is 17.2 Å². The van der Waals surface area contributed by atoms with Crippen molar-refractivity contribution in [3.63, 3.8) is 0 Å². The Morgan fingerprint density at radius 2 is 1.93 bits per heavy atom.